The highest BCUT2D eigenvalue weighted by Crippen LogP contribution is 2.30. The van der Waals surface area contributed by atoms with E-state index in [4.69, 9.17) is 4.74 Å². The van der Waals surface area contributed by atoms with Gasteiger partial charge in [0.1, 0.15) is 5.75 Å². The van der Waals surface area contributed by atoms with E-state index in [2.05, 4.69) is 0 Å². The molecule has 23 heavy (non-hydrogen) atoms. The number of rotatable bonds is 5. The van der Waals surface area contributed by atoms with Gasteiger partial charge in [0.15, 0.2) is 0 Å². The van der Waals surface area contributed by atoms with Crippen molar-refractivity contribution in [2.45, 2.75) is 40.0 Å². The molecular weight excluding hydrogens is 294 g/mol. The van der Waals surface area contributed by atoms with Gasteiger partial charge in [-0.3, -0.25) is 9.59 Å². The van der Waals surface area contributed by atoms with E-state index >= 15 is 0 Å². The molecule has 1 N–H and O–H groups in total. The fraction of sp³-hybridized carbons (Fsp3) is 0.556. The highest BCUT2D eigenvalue weighted by Gasteiger charge is 2.39. The molecule has 1 heterocycles. The van der Waals surface area contributed by atoms with E-state index in [0.29, 0.717) is 19.6 Å². The van der Waals surface area contributed by atoms with Gasteiger partial charge in [-0.1, -0.05) is 17.7 Å². The molecular formula is C18H25NO4. The van der Waals surface area contributed by atoms with E-state index in [1.807, 2.05) is 32.0 Å². The monoisotopic (exact) mass is 319 g/mol. The number of aliphatic carboxylic acids is 1. The highest BCUT2D eigenvalue weighted by molar-refractivity contribution is 5.79. The number of hydrogen-bond acceptors (Lipinski definition) is 3. The van der Waals surface area contributed by atoms with E-state index in [1.54, 1.807) is 11.8 Å². The molecule has 0 radical (unpaired) electrons. The minimum atomic E-state index is -0.832. The Kier molecular flexibility index (Phi) is 5.29. The van der Waals surface area contributed by atoms with Crippen molar-refractivity contribution in [1.82, 2.24) is 4.90 Å². The van der Waals surface area contributed by atoms with Crippen LogP contribution in [0, 0.1) is 19.3 Å². The van der Waals surface area contributed by atoms with E-state index in [9.17, 15) is 14.7 Å². The predicted octanol–water partition coefficient (Wildman–Crippen LogP) is 2.79. The summed E-state index contributed by atoms with van der Waals surface area (Å²) in [6, 6.07) is 5.94. The Labute approximate surface area is 137 Å². The molecule has 5 nitrogen and oxygen atoms in total. The van der Waals surface area contributed by atoms with Crippen LogP contribution in [0.2, 0.25) is 0 Å². The third kappa shape index (κ3) is 4.24. The van der Waals surface area contributed by atoms with Gasteiger partial charge >= 0.3 is 5.97 Å². The van der Waals surface area contributed by atoms with Crippen molar-refractivity contribution >= 4 is 11.9 Å². The number of carboxylic acids is 1. The number of nitrogens with zero attached hydrogens (tertiary/aromatic N) is 1. The topological polar surface area (TPSA) is 66.8 Å². The molecule has 1 aromatic carbocycles. The van der Waals surface area contributed by atoms with Crippen LogP contribution in [0.15, 0.2) is 18.2 Å². The van der Waals surface area contributed by atoms with Crippen LogP contribution >= 0.6 is 0 Å². The van der Waals surface area contributed by atoms with Crippen molar-refractivity contribution in [2.24, 2.45) is 5.41 Å². The fourth-order valence-corrected chi connectivity index (χ4v) is 2.99. The van der Waals surface area contributed by atoms with Crippen LogP contribution in [-0.4, -0.2) is 41.6 Å². The molecule has 0 saturated carbocycles. The highest BCUT2D eigenvalue weighted by atomic mass is 16.5. The molecule has 1 unspecified atom stereocenters. The molecule has 1 atom stereocenters. The van der Waals surface area contributed by atoms with E-state index in [0.717, 1.165) is 17.7 Å². The van der Waals surface area contributed by atoms with E-state index < -0.39 is 11.4 Å². The summed E-state index contributed by atoms with van der Waals surface area (Å²) in [6.07, 6.45) is 1.61. The standard InChI is InChI=1S/C18H25NO4/c1-13-5-6-15(14(2)11-13)23-10-7-16(20)19-9-4-8-18(3,12-19)17(21)22/h5-6,11H,4,7-10,12H2,1-3H3,(H,21,22). The summed E-state index contributed by atoms with van der Waals surface area (Å²) < 4.78 is 5.69. The zero-order valence-electron chi connectivity index (χ0n) is 14.1. The minimum absolute atomic E-state index is 0.0399. The van der Waals surface area contributed by atoms with E-state index in [-0.39, 0.29) is 18.9 Å². The number of hydrogen-bond donors (Lipinski definition) is 1. The van der Waals surface area contributed by atoms with Gasteiger partial charge in [0.05, 0.1) is 18.4 Å². The minimum Gasteiger partial charge on any atom is -0.493 e. The summed E-state index contributed by atoms with van der Waals surface area (Å²) in [5.41, 5.74) is 1.39. The summed E-state index contributed by atoms with van der Waals surface area (Å²) in [6.45, 7) is 6.93. The molecule has 1 saturated heterocycles. The lowest BCUT2D eigenvalue weighted by molar-refractivity contribution is -0.153. The molecule has 5 heteroatoms. The van der Waals surface area contributed by atoms with Crippen molar-refractivity contribution in [3.8, 4) is 5.75 Å². The van der Waals surface area contributed by atoms with Crippen LogP contribution in [0.4, 0.5) is 0 Å². The Balaban J connectivity index is 1.86. The Bertz CT molecular complexity index is 599. The van der Waals surface area contributed by atoms with Crippen molar-refractivity contribution in [2.75, 3.05) is 19.7 Å². The maximum atomic E-state index is 12.3. The second kappa shape index (κ2) is 7.02. The molecule has 1 aliphatic rings. The van der Waals surface area contributed by atoms with Gasteiger partial charge in [-0.2, -0.15) is 0 Å². The predicted molar refractivity (Wildman–Crippen MR) is 87.6 cm³/mol. The average molecular weight is 319 g/mol. The Morgan fingerprint density at radius 3 is 2.74 bits per heavy atom. The van der Waals surface area contributed by atoms with Crippen molar-refractivity contribution in [3.63, 3.8) is 0 Å². The number of ether oxygens (including phenoxy) is 1. The van der Waals surface area contributed by atoms with Crippen LogP contribution < -0.4 is 4.74 Å². The summed E-state index contributed by atoms with van der Waals surface area (Å²) in [5, 5.41) is 9.31. The summed E-state index contributed by atoms with van der Waals surface area (Å²) >= 11 is 0. The number of carbonyl (C=O) groups is 2. The molecule has 0 aromatic heterocycles. The first kappa shape index (κ1) is 17.3. The zero-order chi connectivity index (χ0) is 17.0. The summed E-state index contributed by atoms with van der Waals surface area (Å²) in [5.74, 6) is -0.0825. The molecule has 0 spiro atoms. The lowest BCUT2D eigenvalue weighted by Gasteiger charge is -2.37. The fourth-order valence-electron chi connectivity index (χ4n) is 2.99. The molecule has 1 aromatic rings. The van der Waals surface area contributed by atoms with Gasteiger partial charge in [-0.15, -0.1) is 0 Å². The third-order valence-electron chi connectivity index (χ3n) is 4.47. The van der Waals surface area contributed by atoms with Crippen LogP contribution in [-0.2, 0) is 9.59 Å². The lowest BCUT2D eigenvalue weighted by Crippen LogP contribution is -2.48. The largest absolute Gasteiger partial charge is 0.493 e. The summed E-state index contributed by atoms with van der Waals surface area (Å²) in [7, 11) is 0. The number of piperidine rings is 1. The van der Waals surface area contributed by atoms with Gasteiger partial charge in [0, 0.05) is 13.1 Å². The average Bonchev–Trinajstić information content (AvgIpc) is 2.49. The zero-order valence-corrected chi connectivity index (χ0v) is 14.1. The normalized spacial score (nSPS) is 21.1. The van der Waals surface area contributed by atoms with Crippen molar-refractivity contribution in [1.29, 1.82) is 0 Å². The summed E-state index contributed by atoms with van der Waals surface area (Å²) in [4.78, 5) is 25.3. The molecule has 2 rings (SSSR count). The maximum absolute atomic E-state index is 12.3. The van der Waals surface area contributed by atoms with Crippen LogP contribution in [0.25, 0.3) is 0 Å². The van der Waals surface area contributed by atoms with Gasteiger partial charge in [0.2, 0.25) is 5.91 Å². The second-order valence-electron chi connectivity index (χ2n) is 6.65. The van der Waals surface area contributed by atoms with Crippen LogP contribution in [0.3, 0.4) is 0 Å². The van der Waals surface area contributed by atoms with Gasteiger partial charge in [0.25, 0.3) is 0 Å². The Hall–Kier alpha value is -2.04. The number of amides is 1. The van der Waals surface area contributed by atoms with Gasteiger partial charge < -0.3 is 14.7 Å². The smallest absolute Gasteiger partial charge is 0.311 e. The SMILES string of the molecule is Cc1ccc(OCCC(=O)N2CCCC(C)(C(=O)O)C2)c(C)c1. The number of carboxylic acid groups (broad SMARTS) is 1. The van der Waals surface area contributed by atoms with Crippen molar-refractivity contribution in [3.05, 3.63) is 29.3 Å². The quantitative estimate of drug-likeness (QED) is 0.906. The molecule has 0 bridgehead atoms. The lowest BCUT2D eigenvalue weighted by atomic mass is 9.82. The van der Waals surface area contributed by atoms with Crippen LogP contribution in [0.5, 0.6) is 5.75 Å². The van der Waals surface area contributed by atoms with Gasteiger partial charge in [-0.05, 0) is 45.2 Å². The molecule has 1 fully saturated rings. The first-order valence-corrected chi connectivity index (χ1v) is 8.03. The second-order valence-corrected chi connectivity index (χ2v) is 6.65. The number of benzene rings is 1. The van der Waals surface area contributed by atoms with Crippen LogP contribution in [0.1, 0.15) is 37.3 Å². The first-order valence-electron chi connectivity index (χ1n) is 8.03. The van der Waals surface area contributed by atoms with Gasteiger partial charge in [-0.25, -0.2) is 0 Å². The number of likely N-dealkylation sites (tertiary alicyclic amines) is 1. The number of carbonyl (C=O) groups excluding carboxylic acids is 1. The molecule has 1 amide bonds. The Morgan fingerprint density at radius 1 is 1.35 bits per heavy atom. The Morgan fingerprint density at radius 2 is 2.09 bits per heavy atom. The maximum Gasteiger partial charge on any atom is 0.311 e. The number of aryl methyl sites for hydroxylation is 2. The van der Waals surface area contributed by atoms with E-state index in [1.165, 1.54) is 5.56 Å². The van der Waals surface area contributed by atoms with Crippen molar-refractivity contribution < 1.29 is 19.4 Å². The molecule has 0 aliphatic carbocycles. The third-order valence-corrected chi connectivity index (χ3v) is 4.47. The first-order chi connectivity index (χ1) is 10.8. The molecule has 126 valence electrons. The molecule has 1 aliphatic heterocycles.